The summed E-state index contributed by atoms with van der Waals surface area (Å²) in [5, 5.41) is 8.99. The molecule has 0 unspecified atom stereocenters. The fourth-order valence-corrected chi connectivity index (χ4v) is 2.75. The molecule has 0 bridgehead atoms. The molecule has 0 aliphatic rings. The summed E-state index contributed by atoms with van der Waals surface area (Å²) in [6.07, 6.45) is 0. The SMILES string of the molecule is NC(=O)CSc1[nH]c(=O)sc1N=Nc1ccccc1. The molecule has 0 atom stereocenters. The van der Waals surface area contributed by atoms with Crippen molar-refractivity contribution in [3.63, 3.8) is 0 Å². The molecule has 0 aliphatic carbocycles. The van der Waals surface area contributed by atoms with Crippen LogP contribution in [0.2, 0.25) is 0 Å². The number of hydrogen-bond acceptors (Lipinski definition) is 6. The maximum Gasteiger partial charge on any atom is 0.307 e. The Labute approximate surface area is 116 Å². The molecule has 19 heavy (non-hydrogen) atoms. The number of H-pyrrole nitrogens is 1. The van der Waals surface area contributed by atoms with E-state index in [1.165, 1.54) is 0 Å². The number of nitrogens with zero attached hydrogens (tertiary/aromatic N) is 2. The highest BCUT2D eigenvalue weighted by molar-refractivity contribution is 8.00. The summed E-state index contributed by atoms with van der Waals surface area (Å²) in [6.45, 7) is 0. The van der Waals surface area contributed by atoms with Crippen LogP contribution < -0.4 is 10.6 Å². The Morgan fingerprint density at radius 3 is 2.74 bits per heavy atom. The van der Waals surface area contributed by atoms with Crippen LogP contribution >= 0.6 is 23.1 Å². The predicted octanol–water partition coefficient (Wildman–Crippen LogP) is 2.43. The van der Waals surface area contributed by atoms with Crippen molar-refractivity contribution < 1.29 is 4.79 Å². The molecular weight excluding hydrogens is 284 g/mol. The summed E-state index contributed by atoms with van der Waals surface area (Å²) in [5.41, 5.74) is 5.75. The first-order valence-corrected chi connectivity index (χ1v) is 7.06. The normalized spacial score (nSPS) is 10.9. The van der Waals surface area contributed by atoms with Crippen molar-refractivity contribution >= 4 is 39.7 Å². The summed E-state index contributed by atoms with van der Waals surface area (Å²) in [7, 11) is 0. The molecule has 0 fully saturated rings. The van der Waals surface area contributed by atoms with Crippen LogP contribution in [0.25, 0.3) is 0 Å². The molecule has 0 saturated carbocycles. The van der Waals surface area contributed by atoms with Gasteiger partial charge in [0.2, 0.25) is 5.91 Å². The molecule has 3 N–H and O–H groups in total. The third-order valence-corrected chi connectivity index (χ3v) is 3.88. The van der Waals surface area contributed by atoms with E-state index in [4.69, 9.17) is 5.73 Å². The summed E-state index contributed by atoms with van der Waals surface area (Å²) >= 11 is 2.08. The molecule has 0 radical (unpaired) electrons. The second-order valence-corrected chi connectivity index (χ2v) is 5.39. The molecule has 1 heterocycles. The summed E-state index contributed by atoms with van der Waals surface area (Å²) in [5.74, 6) is -0.372. The molecule has 98 valence electrons. The van der Waals surface area contributed by atoms with E-state index in [1.807, 2.05) is 18.2 Å². The molecule has 0 aliphatic heterocycles. The van der Waals surface area contributed by atoms with Crippen LogP contribution in [0.15, 0.2) is 50.4 Å². The molecule has 8 heteroatoms. The van der Waals surface area contributed by atoms with Crippen molar-refractivity contribution in [3.05, 3.63) is 40.0 Å². The number of nitrogens with two attached hydrogens (primary N) is 1. The number of benzene rings is 1. The summed E-state index contributed by atoms with van der Waals surface area (Å²) in [6, 6.07) is 9.17. The Hall–Kier alpha value is -1.93. The number of thioether (sulfide) groups is 1. The first-order valence-electron chi connectivity index (χ1n) is 5.26. The lowest BCUT2D eigenvalue weighted by Gasteiger charge is -1.95. The molecule has 2 aromatic rings. The van der Waals surface area contributed by atoms with Gasteiger partial charge in [0.25, 0.3) is 0 Å². The number of aromatic amines is 1. The van der Waals surface area contributed by atoms with Gasteiger partial charge in [-0.2, -0.15) is 0 Å². The number of azo groups is 1. The van der Waals surface area contributed by atoms with Crippen molar-refractivity contribution in [2.75, 3.05) is 5.75 Å². The van der Waals surface area contributed by atoms with Crippen molar-refractivity contribution in [2.45, 2.75) is 5.03 Å². The smallest absolute Gasteiger partial charge is 0.307 e. The Morgan fingerprint density at radius 1 is 1.32 bits per heavy atom. The number of nitrogens with one attached hydrogen (secondary N) is 1. The standard InChI is InChI=1S/C11H10N4O2S2/c12-8(16)6-18-9-10(19-11(17)13-9)15-14-7-4-2-1-3-5-7/h1-5H,6H2,(H2,12,16)(H,13,17). The number of hydrogen-bond donors (Lipinski definition) is 2. The molecule has 0 saturated heterocycles. The maximum atomic E-state index is 11.3. The fourth-order valence-electron chi connectivity index (χ4n) is 1.21. The summed E-state index contributed by atoms with van der Waals surface area (Å²) < 4.78 is 0. The Balaban J connectivity index is 2.18. The van der Waals surface area contributed by atoms with E-state index in [0.717, 1.165) is 23.1 Å². The van der Waals surface area contributed by atoms with E-state index in [-0.39, 0.29) is 10.6 Å². The van der Waals surface area contributed by atoms with Gasteiger partial charge in [0.05, 0.1) is 11.4 Å². The van der Waals surface area contributed by atoms with Crippen molar-refractivity contribution in [1.29, 1.82) is 0 Å². The number of rotatable bonds is 5. The Bertz CT molecular complexity index is 648. The quantitative estimate of drug-likeness (QED) is 0.654. The average molecular weight is 294 g/mol. The van der Waals surface area contributed by atoms with Crippen LogP contribution in [0.1, 0.15) is 0 Å². The molecule has 1 aromatic heterocycles. The molecule has 1 aromatic carbocycles. The van der Waals surface area contributed by atoms with Crippen LogP contribution in [0.5, 0.6) is 0 Å². The minimum absolute atomic E-state index is 0.0839. The van der Waals surface area contributed by atoms with Crippen LogP contribution in [0.3, 0.4) is 0 Å². The first kappa shape index (κ1) is 13.5. The number of carbonyl (C=O) groups excluding carboxylic acids is 1. The lowest BCUT2D eigenvalue weighted by Crippen LogP contribution is -2.13. The van der Waals surface area contributed by atoms with E-state index in [2.05, 4.69) is 15.2 Å². The topological polar surface area (TPSA) is 101 Å². The van der Waals surface area contributed by atoms with E-state index >= 15 is 0 Å². The highest BCUT2D eigenvalue weighted by Gasteiger charge is 2.09. The van der Waals surface area contributed by atoms with Gasteiger partial charge in [0, 0.05) is 0 Å². The average Bonchev–Trinajstić information content (AvgIpc) is 2.75. The van der Waals surface area contributed by atoms with Gasteiger partial charge in [0.15, 0.2) is 5.00 Å². The third kappa shape index (κ3) is 4.04. The van der Waals surface area contributed by atoms with Gasteiger partial charge in [0.1, 0.15) is 5.03 Å². The molecule has 6 nitrogen and oxygen atoms in total. The molecular formula is C11H10N4O2S2. The number of carbonyl (C=O) groups is 1. The van der Waals surface area contributed by atoms with E-state index in [0.29, 0.717) is 15.7 Å². The molecule has 0 spiro atoms. The minimum Gasteiger partial charge on any atom is -0.369 e. The van der Waals surface area contributed by atoms with Gasteiger partial charge >= 0.3 is 4.87 Å². The van der Waals surface area contributed by atoms with Crippen LogP contribution in [0, 0.1) is 0 Å². The number of aromatic nitrogens is 1. The van der Waals surface area contributed by atoms with Crippen molar-refractivity contribution in [2.24, 2.45) is 16.0 Å². The van der Waals surface area contributed by atoms with Crippen molar-refractivity contribution in [1.82, 2.24) is 4.98 Å². The Morgan fingerprint density at radius 2 is 2.05 bits per heavy atom. The zero-order valence-electron chi connectivity index (χ0n) is 9.70. The van der Waals surface area contributed by atoms with Crippen molar-refractivity contribution in [3.8, 4) is 0 Å². The lowest BCUT2D eigenvalue weighted by atomic mass is 10.3. The van der Waals surface area contributed by atoms with Crippen LogP contribution in [-0.4, -0.2) is 16.6 Å². The zero-order valence-corrected chi connectivity index (χ0v) is 11.3. The maximum absolute atomic E-state index is 11.3. The minimum atomic E-state index is -0.456. The lowest BCUT2D eigenvalue weighted by molar-refractivity contribution is -0.115. The van der Waals surface area contributed by atoms with Gasteiger partial charge in [-0.15, -0.1) is 10.2 Å². The van der Waals surface area contributed by atoms with E-state index < -0.39 is 5.91 Å². The van der Waals surface area contributed by atoms with Gasteiger partial charge in [-0.25, -0.2) is 0 Å². The van der Waals surface area contributed by atoms with E-state index in [9.17, 15) is 9.59 Å². The van der Waals surface area contributed by atoms with Crippen LogP contribution in [-0.2, 0) is 4.79 Å². The number of primary amides is 1. The summed E-state index contributed by atoms with van der Waals surface area (Å²) in [4.78, 5) is 24.4. The third-order valence-electron chi connectivity index (χ3n) is 1.97. The highest BCUT2D eigenvalue weighted by atomic mass is 32.2. The second kappa shape index (κ2) is 6.30. The largest absolute Gasteiger partial charge is 0.369 e. The van der Waals surface area contributed by atoms with Crippen LogP contribution in [0.4, 0.5) is 10.7 Å². The predicted molar refractivity (Wildman–Crippen MR) is 75.5 cm³/mol. The fraction of sp³-hybridized carbons (Fsp3) is 0.0909. The number of amides is 1. The monoisotopic (exact) mass is 294 g/mol. The number of thiazole rings is 1. The van der Waals surface area contributed by atoms with Gasteiger partial charge < -0.3 is 10.7 Å². The second-order valence-electron chi connectivity index (χ2n) is 3.44. The molecule has 1 amide bonds. The Kier molecular flexibility index (Phi) is 4.48. The highest BCUT2D eigenvalue weighted by Crippen LogP contribution is 2.31. The first-order chi connectivity index (χ1) is 9.15. The van der Waals surface area contributed by atoms with Gasteiger partial charge in [-0.1, -0.05) is 41.3 Å². The van der Waals surface area contributed by atoms with Gasteiger partial charge in [-0.05, 0) is 12.1 Å². The van der Waals surface area contributed by atoms with E-state index in [1.54, 1.807) is 12.1 Å². The zero-order chi connectivity index (χ0) is 13.7. The molecule has 2 rings (SSSR count). The van der Waals surface area contributed by atoms with Gasteiger partial charge in [-0.3, -0.25) is 9.59 Å².